The molecule has 0 saturated heterocycles. The highest BCUT2D eigenvalue weighted by molar-refractivity contribution is 6.28. The van der Waals surface area contributed by atoms with Gasteiger partial charge in [-0.3, -0.25) is 0 Å². The third kappa shape index (κ3) is 3.01. The summed E-state index contributed by atoms with van der Waals surface area (Å²) in [6.07, 6.45) is 2.11. The van der Waals surface area contributed by atoms with Gasteiger partial charge in [-0.05, 0) is 48.0 Å². The predicted molar refractivity (Wildman–Crippen MR) is 164 cm³/mol. The summed E-state index contributed by atoms with van der Waals surface area (Å²) >= 11 is 0. The van der Waals surface area contributed by atoms with E-state index in [1.54, 1.807) is 0 Å². The van der Waals surface area contributed by atoms with Crippen molar-refractivity contribution >= 4 is 60.0 Å². The number of aromatic nitrogens is 3. The van der Waals surface area contributed by atoms with E-state index in [0.717, 1.165) is 77.0 Å². The summed E-state index contributed by atoms with van der Waals surface area (Å²) in [4.78, 5) is 5.21. The summed E-state index contributed by atoms with van der Waals surface area (Å²) in [6, 6.07) is 42.1. The lowest BCUT2D eigenvalue weighted by Crippen LogP contribution is -1.92. The average molecular weight is 512 g/mol. The van der Waals surface area contributed by atoms with Crippen LogP contribution in [0, 0.1) is 0 Å². The number of benzene rings is 5. The SMILES string of the molecule is c1cc(-c2ccc3c4ccccc4nn3c2)cc(-c2nc3ccccc3c3c2ccc2oc4ccccc4c23)c1. The van der Waals surface area contributed by atoms with Gasteiger partial charge < -0.3 is 4.42 Å². The summed E-state index contributed by atoms with van der Waals surface area (Å²) in [7, 11) is 0. The first kappa shape index (κ1) is 21.5. The van der Waals surface area contributed by atoms with Crippen LogP contribution in [0.3, 0.4) is 0 Å². The van der Waals surface area contributed by atoms with Gasteiger partial charge in [0.2, 0.25) is 0 Å². The van der Waals surface area contributed by atoms with Crippen molar-refractivity contribution in [3.63, 3.8) is 0 Å². The average Bonchev–Trinajstić information content (AvgIpc) is 3.58. The van der Waals surface area contributed by atoms with E-state index >= 15 is 0 Å². The van der Waals surface area contributed by atoms with Crippen LogP contribution in [0.5, 0.6) is 0 Å². The Morgan fingerprint density at radius 2 is 1.27 bits per heavy atom. The molecule has 0 N–H and O–H groups in total. The van der Waals surface area contributed by atoms with Crippen molar-refractivity contribution in [2.45, 2.75) is 0 Å². The number of nitrogens with zero attached hydrogens (tertiary/aromatic N) is 3. The van der Waals surface area contributed by atoms with E-state index in [0.29, 0.717) is 0 Å². The minimum Gasteiger partial charge on any atom is -0.456 e. The fourth-order valence-corrected chi connectivity index (χ4v) is 6.17. The molecule has 0 aliphatic rings. The zero-order valence-corrected chi connectivity index (χ0v) is 21.4. The fraction of sp³-hybridized carbons (Fsp3) is 0. The highest BCUT2D eigenvalue weighted by atomic mass is 16.3. The molecule has 9 aromatic rings. The number of para-hydroxylation sites is 2. The number of hydrogen-bond acceptors (Lipinski definition) is 3. The second-order valence-corrected chi connectivity index (χ2v) is 10.3. The molecule has 5 aromatic carbocycles. The van der Waals surface area contributed by atoms with E-state index in [9.17, 15) is 0 Å². The molecule has 0 radical (unpaired) electrons. The molecule has 0 bridgehead atoms. The summed E-state index contributed by atoms with van der Waals surface area (Å²) in [5.74, 6) is 0. The number of hydrogen-bond donors (Lipinski definition) is 0. The lowest BCUT2D eigenvalue weighted by atomic mass is 9.95. The van der Waals surface area contributed by atoms with Crippen molar-refractivity contribution in [2.75, 3.05) is 0 Å². The van der Waals surface area contributed by atoms with Gasteiger partial charge in [-0.15, -0.1) is 0 Å². The topological polar surface area (TPSA) is 43.3 Å². The van der Waals surface area contributed by atoms with Crippen LogP contribution in [0.25, 0.3) is 82.4 Å². The highest BCUT2D eigenvalue weighted by Gasteiger charge is 2.17. The van der Waals surface area contributed by atoms with E-state index in [1.807, 2.05) is 22.7 Å². The molecule has 0 fully saturated rings. The normalized spacial score (nSPS) is 12.0. The molecule has 9 rings (SSSR count). The van der Waals surface area contributed by atoms with E-state index < -0.39 is 0 Å². The predicted octanol–water partition coefficient (Wildman–Crippen LogP) is 9.42. The Bertz CT molecular complexity index is 2450. The van der Waals surface area contributed by atoms with Crippen LogP contribution in [0.15, 0.2) is 132 Å². The first-order valence-corrected chi connectivity index (χ1v) is 13.4. The molecule has 0 unspecified atom stereocenters. The Hall–Kier alpha value is -5.48. The first-order valence-electron chi connectivity index (χ1n) is 13.4. The Labute approximate surface area is 228 Å². The highest BCUT2D eigenvalue weighted by Crippen LogP contribution is 2.41. The number of furan rings is 1. The Morgan fingerprint density at radius 3 is 2.20 bits per heavy atom. The van der Waals surface area contributed by atoms with E-state index in [2.05, 4.69) is 109 Å². The molecule has 186 valence electrons. The van der Waals surface area contributed by atoms with Gasteiger partial charge in [0.15, 0.2) is 0 Å². The molecular weight excluding hydrogens is 490 g/mol. The van der Waals surface area contributed by atoms with Gasteiger partial charge in [0.25, 0.3) is 0 Å². The van der Waals surface area contributed by atoms with Crippen molar-refractivity contribution in [2.24, 2.45) is 0 Å². The van der Waals surface area contributed by atoms with Crippen molar-refractivity contribution < 1.29 is 4.42 Å². The van der Waals surface area contributed by atoms with Crippen molar-refractivity contribution in [3.8, 4) is 22.4 Å². The zero-order valence-electron chi connectivity index (χ0n) is 21.4. The lowest BCUT2D eigenvalue weighted by Gasteiger charge is -2.12. The standard InChI is InChI=1S/C36H21N3O/c1-5-14-30-25(10-1)31-18-16-24(21-39(31)38-30)22-8-7-9-23(20-22)36-28-17-19-33-35(27-12-3-6-15-32(27)40-33)34(28)26-11-2-4-13-29(26)37-36/h1-21H. The van der Waals surface area contributed by atoms with Crippen LogP contribution in [0.4, 0.5) is 0 Å². The maximum Gasteiger partial charge on any atom is 0.136 e. The van der Waals surface area contributed by atoms with Crippen molar-refractivity contribution in [1.82, 2.24) is 14.6 Å². The maximum absolute atomic E-state index is 6.26. The zero-order chi connectivity index (χ0) is 26.2. The Balaban J connectivity index is 1.30. The van der Waals surface area contributed by atoms with Gasteiger partial charge >= 0.3 is 0 Å². The van der Waals surface area contributed by atoms with Crippen LogP contribution in [-0.4, -0.2) is 14.6 Å². The monoisotopic (exact) mass is 511 g/mol. The Morgan fingerprint density at radius 1 is 0.500 bits per heavy atom. The summed E-state index contributed by atoms with van der Waals surface area (Å²) in [5.41, 5.74) is 9.14. The summed E-state index contributed by atoms with van der Waals surface area (Å²) in [6.45, 7) is 0. The molecular formula is C36H21N3O. The maximum atomic E-state index is 6.26. The van der Waals surface area contributed by atoms with Gasteiger partial charge in [0.05, 0.1) is 22.2 Å². The number of rotatable bonds is 2. The summed E-state index contributed by atoms with van der Waals surface area (Å²) < 4.78 is 8.24. The van der Waals surface area contributed by atoms with Crippen LogP contribution in [-0.2, 0) is 0 Å². The van der Waals surface area contributed by atoms with Crippen molar-refractivity contribution in [3.05, 3.63) is 128 Å². The lowest BCUT2D eigenvalue weighted by molar-refractivity contribution is 0.669. The molecule has 0 atom stereocenters. The molecule has 0 spiro atoms. The molecule has 40 heavy (non-hydrogen) atoms. The van der Waals surface area contributed by atoms with Gasteiger partial charge in [0.1, 0.15) is 11.2 Å². The van der Waals surface area contributed by atoms with Crippen LogP contribution >= 0.6 is 0 Å². The quantitative estimate of drug-likeness (QED) is 0.217. The molecule has 0 aliphatic heterocycles. The first-order chi connectivity index (χ1) is 19.8. The largest absolute Gasteiger partial charge is 0.456 e. The second-order valence-electron chi connectivity index (χ2n) is 10.3. The molecule has 0 saturated carbocycles. The van der Waals surface area contributed by atoms with Gasteiger partial charge in [-0.25, -0.2) is 9.50 Å². The Kier molecular flexibility index (Phi) is 4.30. The molecule has 0 aliphatic carbocycles. The fourth-order valence-electron chi connectivity index (χ4n) is 6.17. The van der Waals surface area contributed by atoms with Gasteiger partial charge in [-0.1, -0.05) is 78.9 Å². The summed E-state index contributed by atoms with van der Waals surface area (Å²) in [5, 5.41) is 11.6. The van der Waals surface area contributed by atoms with Crippen LogP contribution in [0.2, 0.25) is 0 Å². The van der Waals surface area contributed by atoms with Gasteiger partial charge in [-0.2, -0.15) is 5.10 Å². The number of pyridine rings is 2. The third-order valence-electron chi connectivity index (χ3n) is 8.00. The van der Waals surface area contributed by atoms with E-state index in [4.69, 9.17) is 14.5 Å². The molecule has 4 heteroatoms. The minimum atomic E-state index is 0.893. The van der Waals surface area contributed by atoms with Crippen LogP contribution < -0.4 is 0 Å². The minimum absolute atomic E-state index is 0.893. The molecule has 4 aromatic heterocycles. The van der Waals surface area contributed by atoms with E-state index in [1.165, 1.54) is 5.39 Å². The third-order valence-corrected chi connectivity index (χ3v) is 8.00. The molecule has 0 amide bonds. The molecule has 4 heterocycles. The number of fused-ring (bicyclic) bond motifs is 10. The van der Waals surface area contributed by atoms with E-state index in [-0.39, 0.29) is 0 Å². The van der Waals surface area contributed by atoms with Crippen molar-refractivity contribution in [1.29, 1.82) is 0 Å². The molecule has 4 nitrogen and oxygen atoms in total. The second kappa shape index (κ2) is 8.01. The van der Waals surface area contributed by atoms with Crippen LogP contribution in [0.1, 0.15) is 0 Å². The smallest absolute Gasteiger partial charge is 0.136 e. The van der Waals surface area contributed by atoms with Gasteiger partial charge in [0, 0.05) is 49.6 Å².